The zero-order valence-corrected chi connectivity index (χ0v) is 21.4. The van der Waals surface area contributed by atoms with Crippen molar-refractivity contribution in [2.24, 2.45) is 11.8 Å². The van der Waals surface area contributed by atoms with Gasteiger partial charge in [0.1, 0.15) is 0 Å². The average molecular weight is 517 g/mol. The first kappa shape index (κ1) is 24.9. The largest absolute Gasteiger partial charge is 0.381 e. The zero-order chi connectivity index (χ0) is 26.2. The lowest BCUT2D eigenvalue weighted by Crippen LogP contribution is -2.32. The SMILES string of the molecule is O=C1c2ccc(-c3ccc4c(c3)C(=O)N(CCC3CCOCC3)C4=O)cc2C(=O)N1CCC1CCOCC1. The van der Waals surface area contributed by atoms with Crippen molar-refractivity contribution in [3.05, 3.63) is 58.7 Å². The molecule has 0 bridgehead atoms. The monoisotopic (exact) mass is 516 g/mol. The molecule has 2 aromatic carbocycles. The number of carbonyl (C=O) groups excluding carboxylic acids is 4. The number of rotatable bonds is 7. The Balaban J connectivity index is 1.17. The summed E-state index contributed by atoms with van der Waals surface area (Å²) in [5, 5.41) is 0. The predicted octanol–water partition coefficient (Wildman–Crippen LogP) is 4.18. The summed E-state index contributed by atoms with van der Waals surface area (Å²) in [5.74, 6) is -0.119. The first-order chi connectivity index (χ1) is 18.5. The Morgan fingerprint density at radius 2 is 0.921 bits per heavy atom. The smallest absolute Gasteiger partial charge is 0.261 e. The van der Waals surface area contributed by atoms with E-state index in [0.717, 1.165) is 76.1 Å². The van der Waals surface area contributed by atoms with Crippen LogP contribution in [0.25, 0.3) is 11.1 Å². The number of hydrogen-bond acceptors (Lipinski definition) is 6. The van der Waals surface area contributed by atoms with E-state index in [1.807, 2.05) is 0 Å². The van der Waals surface area contributed by atoms with E-state index >= 15 is 0 Å². The molecule has 0 radical (unpaired) electrons. The number of nitrogens with zero attached hydrogens (tertiary/aromatic N) is 2. The minimum absolute atomic E-state index is 0.251. The van der Waals surface area contributed by atoms with Crippen molar-refractivity contribution in [2.45, 2.75) is 38.5 Å². The van der Waals surface area contributed by atoms with Crippen LogP contribution in [0.4, 0.5) is 0 Å². The van der Waals surface area contributed by atoms with Crippen LogP contribution in [-0.4, -0.2) is 72.9 Å². The van der Waals surface area contributed by atoms with Crippen molar-refractivity contribution in [3.63, 3.8) is 0 Å². The van der Waals surface area contributed by atoms with E-state index in [1.165, 1.54) is 9.80 Å². The third-order valence-electron chi connectivity index (χ3n) is 8.48. The molecular formula is C30H32N2O6. The maximum absolute atomic E-state index is 13.2. The lowest BCUT2D eigenvalue weighted by Gasteiger charge is -2.23. The van der Waals surface area contributed by atoms with Gasteiger partial charge in [-0.15, -0.1) is 0 Å². The Kier molecular flexibility index (Phi) is 6.84. The van der Waals surface area contributed by atoms with Gasteiger partial charge in [-0.05, 0) is 85.8 Å². The van der Waals surface area contributed by atoms with Gasteiger partial charge < -0.3 is 9.47 Å². The summed E-state index contributed by atoms with van der Waals surface area (Å²) in [6, 6.07) is 10.5. The molecule has 0 saturated carbocycles. The predicted molar refractivity (Wildman–Crippen MR) is 139 cm³/mol. The van der Waals surface area contributed by atoms with E-state index in [9.17, 15) is 19.2 Å². The molecule has 8 heteroatoms. The molecule has 0 aromatic heterocycles. The van der Waals surface area contributed by atoms with E-state index in [-0.39, 0.29) is 23.6 Å². The molecule has 0 aliphatic carbocycles. The van der Waals surface area contributed by atoms with Gasteiger partial charge in [0.2, 0.25) is 0 Å². The van der Waals surface area contributed by atoms with E-state index in [0.29, 0.717) is 47.2 Å². The van der Waals surface area contributed by atoms with Gasteiger partial charge in [0.05, 0.1) is 22.3 Å². The van der Waals surface area contributed by atoms with Crippen molar-refractivity contribution < 1.29 is 28.7 Å². The second-order valence-electron chi connectivity index (χ2n) is 10.7. The van der Waals surface area contributed by atoms with Gasteiger partial charge in [0.25, 0.3) is 23.6 Å². The number of carbonyl (C=O) groups is 4. The zero-order valence-electron chi connectivity index (χ0n) is 21.4. The molecule has 0 unspecified atom stereocenters. The fourth-order valence-corrected chi connectivity index (χ4v) is 6.04. The number of ether oxygens (including phenoxy) is 2. The summed E-state index contributed by atoms with van der Waals surface area (Å²) in [6.45, 7) is 3.76. The summed E-state index contributed by atoms with van der Waals surface area (Å²) in [4.78, 5) is 54.9. The topological polar surface area (TPSA) is 93.2 Å². The maximum Gasteiger partial charge on any atom is 0.261 e. The molecule has 0 spiro atoms. The van der Waals surface area contributed by atoms with Gasteiger partial charge in [0, 0.05) is 39.5 Å². The molecule has 2 saturated heterocycles. The first-order valence-corrected chi connectivity index (χ1v) is 13.7. The summed E-state index contributed by atoms with van der Waals surface area (Å²) >= 11 is 0. The van der Waals surface area contributed by atoms with Crippen molar-refractivity contribution in [1.29, 1.82) is 0 Å². The second-order valence-corrected chi connectivity index (χ2v) is 10.7. The van der Waals surface area contributed by atoms with Crippen LogP contribution in [0, 0.1) is 11.8 Å². The highest BCUT2D eigenvalue weighted by molar-refractivity contribution is 6.23. The first-order valence-electron chi connectivity index (χ1n) is 13.7. The van der Waals surface area contributed by atoms with Crippen molar-refractivity contribution in [1.82, 2.24) is 9.80 Å². The van der Waals surface area contributed by atoms with Crippen LogP contribution in [-0.2, 0) is 9.47 Å². The molecule has 4 aliphatic rings. The molecule has 4 aliphatic heterocycles. The summed E-state index contributed by atoms with van der Waals surface area (Å²) in [5.41, 5.74) is 3.08. The van der Waals surface area contributed by atoms with Gasteiger partial charge in [-0.3, -0.25) is 29.0 Å². The average Bonchev–Trinajstić information content (AvgIpc) is 3.34. The highest BCUT2D eigenvalue weighted by atomic mass is 16.5. The van der Waals surface area contributed by atoms with Crippen molar-refractivity contribution >= 4 is 23.6 Å². The Labute approximate surface area is 221 Å². The van der Waals surface area contributed by atoms with Gasteiger partial charge in [0.15, 0.2) is 0 Å². The van der Waals surface area contributed by atoms with Crippen LogP contribution < -0.4 is 0 Å². The van der Waals surface area contributed by atoms with E-state index in [1.54, 1.807) is 36.4 Å². The minimum Gasteiger partial charge on any atom is -0.381 e. The van der Waals surface area contributed by atoms with E-state index < -0.39 is 0 Å². The molecule has 0 N–H and O–H groups in total. The molecular weight excluding hydrogens is 484 g/mol. The Morgan fingerprint density at radius 1 is 0.553 bits per heavy atom. The number of hydrogen-bond donors (Lipinski definition) is 0. The Hall–Kier alpha value is -3.36. The quantitative estimate of drug-likeness (QED) is 0.513. The van der Waals surface area contributed by atoms with Crippen molar-refractivity contribution in [3.8, 4) is 11.1 Å². The van der Waals surface area contributed by atoms with Crippen LogP contribution in [0.5, 0.6) is 0 Å². The van der Waals surface area contributed by atoms with Crippen LogP contribution >= 0.6 is 0 Å². The van der Waals surface area contributed by atoms with Gasteiger partial charge in [-0.25, -0.2) is 0 Å². The molecule has 2 fully saturated rings. The van der Waals surface area contributed by atoms with Crippen molar-refractivity contribution in [2.75, 3.05) is 39.5 Å². The molecule has 8 nitrogen and oxygen atoms in total. The van der Waals surface area contributed by atoms with E-state index in [4.69, 9.17) is 9.47 Å². The second kappa shape index (κ2) is 10.4. The number of imide groups is 2. The number of fused-ring (bicyclic) bond motifs is 2. The van der Waals surface area contributed by atoms with Crippen LogP contribution in [0.15, 0.2) is 36.4 Å². The third kappa shape index (κ3) is 4.56. The number of amides is 4. The highest BCUT2D eigenvalue weighted by Gasteiger charge is 2.38. The lowest BCUT2D eigenvalue weighted by molar-refractivity contribution is 0.0525. The molecule has 2 aromatic rings. The molecule has 198 valence electrons. The standard InChI is InChI=1S/C30H32N2O6/c33-27-23-3-1-21(17-25(23)29(35)31(27)11-5-19-7-13-37-14-8-19)22-2-4-24-26(18-22)30(36)32(28(24)34)12-6-20-9-15-38-16-10-20/h1-4,17-20H,5-16H2. The Bertz CT molecular complexity index is 1190. The van der Waals surface area contributed by atoms with Crippen LogP contribution in [0.2, 0.25) is 0 Å². The molecule has 0 atom stereocenters. The van der Waals surface area contributed by atoms with Gasteiger partial charge >= 0.3 is 0 Å². The van der Waals surface area contributed by atoms with Crippen LogP contribution in [0.3, 0.4) is 0 Å². The fraction of sp³-hybridized carbons (Fsp3) is 0.467. The Morgan fingerprint density at radius 3 is 1.32 bits per heavy atom. The minimum atomic E-state index is -0.273. The number of benzene rings is 2. The summed E-state index contributed by atoms with van der Waals surface area (Å²) in [6.07, 6.45) is 5.40. The molecule has 4 amide bonds. The maximum atomic E-state index is 13.2. The molecule has 6 rings (SSSR count). The third-order valence-corrected chi connectivity index (χ3v) is 8.48. The molecule has 4 heterocycles. The van der Waals surface area contributed by atoms with Gasteiger partial charge in [-0.2, -0.15) is 0 Å². The molecule has 38 heavy (non-hydrogen) atoms. The van der Waals surface area contributed by atoms with Crippen LogP contribution in [0.1, 0.15) is 80.0 Å². The summed E-state index contributed by atoms with van der Waals surface area (Å²) in [7, 11) is 0. The van der Waals surface area contributed by atoms with E-state index in [2.05, 4.69) is 0 Å². The highest BCUT2D eigenvalue weighted by Crippen LogP contribution is 2.33. The summed E-state index contributed by atoms with van der Waals surface area (Å²) < 4.78 is 10.8. The lowest BCUT2D eigenvalue weighted by atomic mass is 9.96. The normalized spacial score (nSPS) is 20.4. The van der Waals surface area contributed by atoms with Gasteiger partial charge in [-0.1, -0.05) is 12.1 Å². The fourth-order valence-electron chi connectivity index (χ4n) is 6.04.